The van der Waals surface area contributed by atoms with Crippen LogP contribution in [0.3, 0.4) is 0 Å². The maximum absolute atomic E-state index is 10.2. The van der Waals surface area contributed by atoms with Gasteiger partial charge in [0.05, 0.1) is 0 Å². The Balaban J connectivity index is 2.19. The highest BCUT2D eigenvalue weighted by Gasteiger charge is 2.14. The van der Waals surface area contributed by atoms with Crippen molar-refractivity contribution in [1.82, 2.24) is 4.90 Å². The fourth-order valence-electron chi connectivity index (χ4n) is 1.66. The summed E-state index contributed by atoms with van der Waals surface area (Å²) in [6, 6.07) is 0. The summed E-state index contributed by atoms with van der Waals surface area (Å²) in [5, 5.41) is 8.39. The molecule has 13 heavy (non-hydrogen) atoms. The van der Waals surface area contributed by atoms with Crippen molar-refractivity contribution < 1.29 is 9.90 Å². The van der Waals surface area contributed by atoms with Crippen molar-refractivity contribution >= 4 is 5.97 Å². The molecule has 1 aliphatic rings. The Morgan fingerprint density at radius 2 is 2.15 bits per heavy atom. The lowest BCUT2D eigenvalue weighted by Gasteiger charge is -2.28. The number of hydrogen-bond donors (Lipinski definition) is 1. The third-order valence-electron chi connectivity index (χ3n) is 2.57. The van der Waals surface area contributed by atoms with Crippen molar-refractivity contribution in [2.24, 2.45) is 5.92 Å². The van der Waals surface area contributed by atoms with Crippen LogP contribution in [0.15, 0.2) is 12.2 Å². The number of piperidine rings is 1. The topological polar surface area (TPSA) is 40.5 Å². The molecule has 1 fully saturated rings. The Kier molecular flexibility index (Phi) is 3.96. The summed E-state index contributed by atoms with van der Waals surface area (Å²) in [6.45, 7) is 2.29. The number of aliphatic carboxylic acids is 1. The van der Waals surface area contributed by atoms with E-state index in [1.54, 1.807) is 6.08 Å². The van der Waals surface area contributed by atoms with E-state index in [2.05, 4.69) is 11.9 Å². The fourth-order valence-corrected chi connectivity index (χ4v) is 1.66. The first-order valence-electron chi connectivity index (χ1n) is 4.76. The summed E-state index contributed by atoms with van der Waals surface area (Å²) < 4.78 is 0. The standard InChI is InChI=1S/C10H17NO2/c1-11-7-5-9(6-8-11)3-2-4-10(12)13/h2,4,9H,3,5-8H2,1H3,(H,12,13)/b4-2-. The van der Waals surface area contributed by atoms with E-state index in [0.29, 0.717) is 5.92 Å². The minimum atomic E-state index is -0.840. The Labute approximate surface area is 79.0 Å². The lowest BCUT2D eigenvalue weighted by Crippen LogP contribution is -2.29. The number of carboxylic acid groups (broad SMARTS) is 1. The second kappa shape index (κ2) is 5.02. The van der Waals surface area contributed by atoms with E-state index in [-0.39, 0.29) is 0 Å². The number of carbonyl (C=O) groups is 1. The molecule has 0 aromatic heterocycles. The minimum absolute atomic E-state index is 0.687. The van der Waals surface area contributed by atoms with Gasteiger partial charge in [-0.05, 0) is 45.3 Å². The van der Waals surface area contributed by atoms with Crippen LogP contribution in [-0.4, -0.2) is 36.1 Å². The van der Waals surface area contributed by atoms with Gasteiger partial charge in [-0.15, -0.1) is 0 Å². The molecule has 3 heteroatoms. The minimum Gasteiger partial charge on any atom is -0.478 e. The molecule has 0 unspecified atom stereocenters. The smallest absolute Gasteiger partial charge is 0.327 e. The molecule has 74 valence electrons. The van der Waals surface area contributed by atoms with Crippen LogP contribution in [0.5, 0.6) is 0 Å². The Morgan fingerprint density at radius 3 is 2.69 bits per heavy atom. The van der Waals surface area contributed by atoms with Gasteiger partial charge in [0.1, 0.15) is 0 Å². The molecule has 0 aromatic rings. The van der Waals surface area contributed by atoms with Crippen LogP contribution < -0.4 is 0 Å². The number of likely N-dealkylation sites (tertiary alicyclic amines) is 1. The predicted molar refractivity (Wildman–Crippen MR) is 51.6 cm³/mol. The number of hydrogen-bond acceptors (Lipinski definition) is 2. The first-order chi connectivity index (χ1) is 6.18. The van der Waals surface area contributed by atoms with Gasteiger partial charge in [-0.25, -0.2) is 4.79 Å². The zero-order chi connectivity index (χ0) is 9.68. The highest BCUT2D eigenvalue weighted by atomic mass is 16.4. The van der Waals surface area contributed by atoms with Crippen LogP contribution in [-0.2, 0) is 4.79 Å². The van der Waals surface area contributed by atoms with Crippen molar-refractivity contribution in [2.45, 2.75) is 19.3 Å². The summed E-state index contributed by atoms with van der Waals surface area (Å²) in [5.41, 5.74) is 0. The third kappa shape index (κ3) is 4.08. The average molecular weight is 183 g/mol. The van der Waals surface area contributed by atoms with E-state index in [1.807, 2.05) is 0 Å². The molecule has 0 aromatic carbocycles. The SMILES string of the molecule is CN1CCC(C/C=C\C(=O)O)CC1. The van der Waals surface area contributed by atoms with E-state index in [1.165, 1.54) is 18.9 Å². The van der Waals surface area contributed by atoms with Crippen LogP contribution in [0.4, 0.5) is 0 Å². The van der Waals surface area contributed by atoms with Gasteiger partial charge < -0.3 is 10.0 Å². The molecule has 3 nitrogen and oxygen atoms in total. The maximum Gasteiger partial charge on any atom is 0.327 e. The van der Waals surface area contributed by atoms with Crippen molar-refractivity contribution in [3.8, 4) is 0 Å². The summed E-state index contributed by atoms with van der Waals surface area (Å²) in [7, 11) is 2.13. The summed E-state index contributed by atoms with van der Waals surface area (Å²) in [5.74, 6) is -0.153. The van der Waals surface area contributed by atoms with Crippen LogP contribution in [0, 0.1) is 5.92 Å². The zero-order valence-electron chi connectivity index (χ0n) is 8.07. The van der Waals surface area contributed by atoms with E-state index in [9.17, 15) is 4.79 Å². The Hall–Kier alpha value is -0.830. The first-order valence-corrected chi connectivity index (χ1v) is 4.76. The molecule has 0 atom stereocenters. The molecule has 1 aliphatic heterocycles. The molecule has 1 heterocycles. The monoisotopic (exact) mass is 183 g/mol. The van der Waals surface area contributed by atoms with E-state index >= 15 is 0 Å². The number of nitrogens with zero attached hydrogens (tertiary/aromatic N) is 1. The fraction of sp³-hybridized carbons (Fsp3) is 0.700. The molecule has 0 bridgehead atoms. The summed E-state index contributed by atoms with van der Waals surface area (Å²) >= 11 is 0. The maximum atomic E-state index is 10.2. The molecule has 0 saturated carbocycles. The first kappa shape index (κ1) is 10.3. The molecule has 1 N–H and O–H groups in total. The molecule has 0 amide bonds. The molecule has 0 radical (unpaired) electrons. The molecule has 0 aliphatic carbocycles. The Morgan fingerprint density at radius 1 is 1.54 bits per heavy atom. The number of carboxylic acids is 1. The third-order valence-corrected chi connectivity index (χ3v) is 2.57. The van der Waals surface area contributed by atoms with Crippen LogP contribution in [0.2, 0.25) is 0 Å². The molecular weight excluding hydrogens is 166 g/mol. The number of rotatable bonds is 3. The second-order valence-electron chi connectivity index (χ2n) is 3.72. The van der Waals surface area contributed by atoms with Crippen molar-refractivity contribution in [1.29, 1.82) is 0 Å². The predicted octanol–water partition coefficient (Wildman–Crippen LogP) is 1.36. The van der Waals surface area contributed by atoms with E-state index in [4.69, 9.17) is 5.11 Å². The van der Waals surface area contributed by atoms with Crippen molar-refractivity contribution in [2.75, 3.05) is 20.1 Å². The van der Waals surface area contributed by atoms with Crippen molar-refractivity contribution in [3.63, 3.8) is 0 Å². The van der Waals surface area contributed by atoms with Crippen LogP contribution in [0.25, 0.3) is 0 Å². The Bertz CT molecular complexity index is 193. The largest absolute Gasteiger partial charge is 0.478 e. The van der Waals surface area contributed by atoms with Gasteiger partial charge in [-0.1, -0.05) is 6.08 Å². The summed E-state index contributed by atoms with van der Waals surface area (Å²) in [4.78, 5) is 12.5. The van der Waals surface area contributed by atoms with E-state index in [0.717, 1.165) is 19.5 Å². The zero-order valence-corrected chi connectivity index (χ0v) is 8.07. The molecule has 1 saturated heterocycles. The highest BCUT2D eigenvalue weighted by Crippen LogP contribution is 2.19. The highest BCUT2D eigenvalue weighted by molar-refractivity contribution is 5.79. The normalized spacial score (nSPS) is 21.0. The van der Waals surface area contributed by atoms with Gasteiger partial charge in [0.2, 0.25) is 0 Å². The number of allylic oxidation sites excluding steroid dienone is 1. The van der Waals surface area contributed by atoms with Crippen LogP contribution >= 0.6 is 0 Å². The van der Waals surface area contributed by atoms with Gasteiger partial charge in [0, 0.05) is 6.08 Å². The quantitative estimate of drug-likeness (QED) is 0.672. The lowest BCUT2D eigenvalue weighted by atomic mass is 9.94. The van der Waals surface area contributed by atoms with Gasteiger partial charge in [0.25, 0.3) is 0 Å². The van der Waals surface area contributed by atoms with Crippen molar-refractivity contribution in [3.05, 3.63) is 12.2 Å². The van der Waals surface area contributed by atoms with E-state index < -0.39 is 5.97 Å². The van der Waals surface area contributed by atoms with Gasteiger partial charge in [-0.2, -0.15) is 0 Å². The second-order valence-corrected chi connectivity index (χ2v) is 3.72. The average Bonchev–Trinajstić information content (AvgIpc) is 2.08. The van der Waals surface area contributed by atoms with Gasteiger partial charge >= 0.3 is 5.97 Å². The molecule has 0 spiro atoms. The summed E-state index contributed by atoms with van der Waals surface area (Å²) in [6.07, 6.45) is 6.33. The molecule has 1 rings (SSSR count). The van der Waals surface area contributed by atoms with Crippen LogP contribution in [0.1, 0.15) is 19.3 Å². The lowest BCUT2D eigenvalue weighted by molar-refractivity contribution is -0.131. The van der Waals surface area contributed by atoms with Gasteiger partial charge in [0.15, 0.2) is 0 Å². The molecular formula is C10H17NO2. The van der Waals surface area contributed by atoms with Gasteiger partial charge in [-0.3, -0.25) is 0 Å².